The normalized spacial score (nSPS) is 17.1. The van der Waals surface area contributed by atoms with Crippen LogP contribution < -0.4 is 0 Å². The van der Waals surface area contributed by atoms with Gasteiger partial charge in [0.15, 0.2) is 0 Å². The van der Waals surface area contributed by atoms with Crippen LogP contribution in [0.4, 0.5) is 13.2 Å². The summed E-state index contributed by atoms with van der Waals surface area (Å²) in [7, 11) is 0. The largest absolute Gasteiger partial charge is 0.416 e. The lowest BCUT2D eigenvalue weighted by atomic mass is 9.85. The molecule has 0 aromatic heterocycles. The highest BCUT2D eigenvalue weighted by molar-refractivity contribution is 5.81. The van der Waals surface area contributed by atoms with Gasteiger partial charge < -0.3 is 0 Å². The molecule has 1 fully saturated rings. The van der Waals surface area contributed by atoms with Crippen LogP contribution in [0.3, 0.4) is 0 Å². The van der Waals surface area contributed by atoms with E-state index in [4.69, 9.17) is 0 Å². The Morgan fingerprint density at radius 1 is 1.05 bits per heavy atom. The topological polar surface area (TPSA) is 17.1 Å². The van der Waals surface area contributed by atoms with E-state index in [1.54, 1.807) is 0 Å². The zero-order valence-corrected chi connectivity index (χ0v) is 11.4. The second-order valence-electron chi connectivity index (χ2n) is 5.62. The molecule has 1 aliphatic rings. The van der Waals surface area contributed by atoms with E-state index in [0.717, 1.165) is 25.0 Å². The maximum absolute atomic E-state index is 12.4. The molecule has 1 aliphatic carbocycles. The lowest BCUT2D eigenvalue weighted by Gasteiger charge is -2.20. The molecule has 0 heterocycles. The molecule has 0 radical (unpaired) electrons. The highest BCUT2D eigenvalue weighted by Gasteiger charge is 2.30. The van der Waals surface area contributed by atoms with E-state index in [9.17, 15) is 18.0 Å². The fourth-order valence-corrected chi connectivity index (χ4v) is 2.82. The molecule has 0 N–H and O–H groups in total. The van der Waals surface area contributed by atoms with E-state index in [-0.39, 0.29) is 12.2 Å². The van der Waals surface area contributed by atoms with Crippen molar-refractivity contribution in [3.63, 3.8) is 0 Å². The van der Waals surface area contributed by atoms with Crippen molar-refractivity contribution in [1.82, 2.24) is 0 Å². The summed E-state index contributed by atoms with van der Waals surface area (Å²) in [5.41, 5.74) is -0.000195. The average Bonchev–Trinajstić information content (AvgIpc) is 2.39. The predicted molar refractivity (Wildman–Crippen MR) is 71.3 cm³/mol. The average molecular weight is 284 g/mol. The van der Waals surface area contributed by atoms with Crippen LogP contribution >= 0.6 is 0 Å². The summed E-state index contributed by atoms with van der Waals surface area (Å²) in [4.78, 5) is 11.9. The Hall–Kier alpha value is -1.32. The lowest BCUT2D eigenvalue weighted by Crippen LogP contribution is -2.13. The third-order valence-corrected chi connectivity index (χ3v) is 3.92. The fraction of sp³-hybridized carbons (Fsp3) is 0.562. The Balaban J connectivity index is 1.87. The smallest absolute Gasteiger partial charge is 0.299 e. The number of carbonyl (C=O) groups is 1. The fourth-order valence-electron chi connectivity index (χ4n) is 2.82. The molecule has 0 spiro atoms. The van der Waals surface area contributed by atoms with Crippen LogP contribution in [-0.2, 0) is 17.4 Å². The van der Waals surface area contributed by atoms with Gasteiger partial charge in [0.25, 0.3) is 0 Å². The Morgan fingerprint density at radius 2 is 1.65 bits per heavy atom. The summed E-state index contributed by atoms with van der Waals surface area (Å²) >= 11 is 0. The lowest BCUT2D eigenvalue weighted by molar-refractivity contribution is -0.137. The monoisotopic (exact) mass is 284 g/mol. The second-order valence-corrected chi connectivity index (χ2v) is 5.62. The van der Waals surface area contributed by atoms with E-state index in [1.165, 1.54) is 31.4 Å². The van der Waals surface area contributed by atoms with Gasteiger partial charge >= 0.3 is 6.18 Å². The Kier molecular flexibility index (Phi) is 4.84. The molecule has 2 rings (SSSR count). The summed E-state index contributed by atoms with van der Waals surface area (Å²) < 4.78 is 37.3. The number of carbonyl (C=O) groups excluding carboxylic acids is 1. The van der Waals surface area contributed by atoms with Gasteiger partial charge in [0.05, 0.1) is 5.56 Å². The number of rotatable bonds is 4. The van der Waals surface area contributed by atoms with Gasteiger partial charge in [-0.2, -0.15) is 13.2 Å². The van der Waals surface area contributed by atoms with Crippen LogP contribution in [0.1, 0.15) is 49.7 Å². The summed E-state index contributed by atoms with van der Waals surface area (Å²) in [5.74, 6) is 0.613. The van der Waals surface area contributed by atoms with E-state index in [1.807, 2.05) is 0 Å². The third kappa shape index (κ3) is 4.36. The molecule has 20 heavy (non-hydrogen) atoms. The molecular weight excluding hydrogens is 265 g/mol. The Morgan fingerprint density at radius 3 is 2.20 bits per heavy atom. The quantitative estimate of drug-likeness (QED) is 0.777. The first kappa shape index (κ1) is 15.1. The number of benzene rings is 1. The van der Waals surface area contributed by atoms with Gasteiger partial charge in [-0.05, 0) is 23.6 Å². The molecule has 110 valence electrons. The molecule has 0 atom stereocenters. The zero-order chi connectivity index (χ0) is 14.6. The molecule has 1 aromatic carbocycles. The van der Waals surface area contributed by atoms with Gasteiger partial charge in [-0.1, -0.05) is 44.2 Å². The van der Waals surface area contributed by atoms with Gasteiger partial charge in [0.1, 0.15) is 5.78 Å². The van der Waals surface area contributed by atoms with Gasteiger partial charge in [-0.15, -0.1) is 0 Å². The minimum Gasteiger partial charge on any atom is -0.299 e. The van der Waals surface area contributed by atoms with Crippen molar-refractivity contribution in [1.29, 1.82) is 0 Å². The summed E-state index contributed by atoms with van der Waals surface area (Å²) in [6.45, 7) is 0. The molecule has 0 aliphatic heterocycles. The van der Waals surface area contributed by atoms with Gasteiger partial charge in [0, 0.05) is 12.8 Å². The molecular formula is C16H19F3O. The maximum Gasteiger partial charge on any atom is 0.416 e. The van der Waals surface area contributed by atoms with Crippen molar-refractivity contribution in [2.75, 3.05) is 0 Å². The summed E-state index contributed by atoms with van der Waals surface area (Å²) in [6.07, 6.45) is 2.36. The summed E-state index contributed by atoms with van der Waals surface area (Å²) in [5, 5.41) is 0. The number of alkyl halides is 3. The van der Waals surface area contributed by atoms with Crippen LogP contribution in [-0.4, -0.2) is 5.78 Å². The first-order valence-corrected chi connectivity index (χ1v) is 7.13. The van der Waals surface area contributed by atoms with Crippen LogP contribution in [0.2, 0.25) is 0 Å². The van der Waals surface area contributed by atoms with Crippen molar-refractivity contribution < 1.29 is 18.0 Å². The first-order chi connectivity index (χ1) is 9.45. The van der Waals surface area contributed by atoms with Gasteiger partial charge in [-0.3, -0.25) is 4.79 Å². The van der Waals surface area contributed by atoms with Gasteiger partial charge in [-0.25, -0.2) is 0 Å². The van der Waals surface area contributed by atoms with E-state index in [2.05, 4.69) is 0 Å². The van der Waals surface area contributed by atoms with Crippen molar-refractivity contribution >= 4 is 5.78 Å². The number of hydrogen-bond acceptors (Lipinski definition) is 1. The minimum atomic E-state index is -4.31. The van der Waals surface area contributed by atoms with E-state index >= 15 is 0 Å². The molecule has 0 saturated heterocycles. The highest BCUT2D eigenvalue weighted by Crippen LogP contribution is 2.30. The Labute approximate surface area is 117 Å². The first-order valence-electron chi connectivity index (χ1n) is 7.13. The second kappa shape index (κ2) is 6.42. The minimum absolute atomic E-state index is 0.136. The van der Waals surface area contributed by atoms with Crippen LogP contribution in [0.15, 0.2) is 24.3 Å². The standard InChI is InChI=1S/C16H19F3O/c17-16(18,19)14-8-6-13(7-9-14)11-15(20)10-12-4-2-1-3-5-12/h6-9,12H,1-5,10-11H2. The number of hydrogen-bond donors (Lipinski definition) is 0. The molecule has 1 nitrogen and oxygen atoms in total. The highest BCUT2D eigenvalue weighted by atomic mass is 19.4. The van der Waals surface area contributed by atoms with Crippen molar-refractivity contribution in [2.45, 2.75) is 51.1 Å². The third-order valence-electron chi connectivity index (χ3n) is 3.92. The molecule has 1 aromatic rings. The zero-order valence-electron chi connectivity index (χ0n) is 11.4. The predicted octanol–water partition coefficient (Wildman–Crippen LogP) is 4.79. The molecule has 0 unspecified atom stereocenters. The molecule has 0 amide bonds. The van der Waals surface area contributed by atoms with Crippen molar-refractivity contribution in [2.24, 2.45) is 5.92 Å². The number of Topliss-reactive ketones (excluding diaryl/α,β-unsaturated/α-hetero) is 1. The summed E-state index contributed by atoms with van der Waals surface area (Å²) in [6, 6.07) is 4.90. The Bertz CT molecular complexity index is 442. The van der Waals surface area contributed by atoms with Crippen molar-refractivity contribution in [3.8, 4) is 0 Å². The van der Waals surface area contributed by atoms with E-state index in [0.29, 0.717) is 17.9 Å². The maximum atomic E-state index is 12.4. The van der Waals surface area contributed by atoms with Crippen LogP contribution in [0.5, 0.6) is 0 Å². The molecule has 0 bridgehead atoms. The van der Waals surface area contributed by atoms with Gasteiger partial charge in [0.2, 0.25) is 0 Å². The SMILES string of the molecule is O=C(Cc1ccc(C(F)(F)F)cc1)CC1CCCCC1. The number of ketones is 1. The van der Waals surface area contributed by atoms with Crippen LogP contribution in [0.25, 0.3) is 0 Å². The molecule has 4 heteroatoms. The molecule has 1 saturated carbocycles. The van der Waals surface area contributed by atoms with E-state index < -0.39 is 11.7 Å². The van der Waals surface area contributed by atoms with Crippen molar-refractivity contribution in [3.05, 3.63) is 35.4 Å². The van der Waals surface area contributed by atoms with Crippen LogP contribution in [0, 0.1) is 5.92 Å². The number of halogens is 3.